The van der Waals surface area contributed by atoms with Gasteiger partial charge in [-0.05, 0) is 71.5 Å². The second kappa shape index (κ2) is 4.67. The Morgan fingerprint density at radius 2 is 2.08 bits per heavy atom. The molecule has 25 heavy (non-hydrogen) atoms. The maximum absolute atomic E-state index is 6.31. The summed E-state index contributed by atoms with van der Waals surface area (Å²) in [5.41, 5.74) is 4.07. The molecular weight excluding hydrogens is 308 g/mol. The van der Waals surface area contributed by atoms with Crippen molar-refractivity contribution in [2.24, 2.45) is 28.6 Å². The van der Waals surface area contributed by atoms with Crippen molar-refractivity contribution < 1.29 is 4.74 Å². The Morgan fingerprint density at radius 1 is 1.20 bits per heavy atom. The van der Waals surface area contributed by atoms with Crippen LogP contribution in [0.1, 0.15) is 69.5 Å². The normalized spacial score (nSPS) is 49.4. The topological polar surface area (TPSA) is 25.4 Å². The molecule has 1 aromatic rings. The molecule has 4 bridgehead atoms. The van der Waals surface area contributed by atoms with Gasteiger partial charge in [0.1, 0.15) is 6.23 Å². The third kappa shape index (κ3) is 1.64. The molecule has 3 heteroatoms. The highest BCUT2D eigenvalue weighted by Crippen LogP contribution is 2.72. The third-order valence-electron chi connectivity index (χ3n) is 9.61. The van der Waals surface area contributed by atoms with Gasteiger partial charge in [-0.25, -0.2) is 0 Å². The van der Waals surface area contributed by atoms with Gasteiger partial charge in [0.2, 0.25) is 0 Å². The summed E-state index contributed by atoms with van der Waals surface area (Å²) in [6.45, 7) is 9.74. The molecule has 134 valence electrons. The van der Waals surface area contributed by atoms with Gasteiger partial charge in [0, 0.05) is 30.9 Å². The Bertz CT molecular complexity index is 730. The van der Waals surface area contributed by atoms with Crippen LogP contribution in [-0.2, 0) is 4.74 Å². The standard InChI is InChI=1S/C22H30N2O/c1-21(2)13-4-6-22(21,3)17(10-13)15-11-18-16-12-23-7-5-14(16)19(15)20-24(18)8-9-25-20/h5,7,12-13,15,17-20H,4,6,8-11H2,1-3H3/t13-,15?,17-,18+,19+,20?,22-/m1/s1. The van der Waals surface area contributed by atoms with Crippen molar-refractivity contribution in [3.05, 3.63) is 29.6 Å². The molecule has 0 amide bonds. The SMILES string of the molecule is CC1(C)[C@@H]2CC[C@]1(C)[C@@H](C1C[C@H]3c4cnccc4[C@@H]1C1OCCN13)C2. The van der Waals surface area contributed by atoms with Crippen LogP contribution < -0.4 is 0 Å². The first kappa shape index (κ1) is 15.2. The second-order valence-corrected chi connectivity index (χ2v) is 10.2. The summed E-state index contributed by atoms with van der Waals surface area (Å²) in [4.78, 5) is 7.11. The quantitative estimate of drug-likeness (QED) is 0.761. The van der Waals surface area contributed by atoms with Gasteiger partial charge in [-0.3, -0.25) is 9.88 Å². The number of ether oxygens (including phenoxy) is 1. The minimum absolute atomic E-state index is 0.324. The van der Waals surface area contributed by atoms with E-state index in [1.807, 2.05) is 6.20 Å². The summed E-state index contributed by atoms with van der Waals surface area (Å²) in [5.74, 6) is 3.14. The highest BCUT2D eigenvalue weighted by molar-refractivity contribution is 5.39. The molecule has 0 N–H and O–H groups in total. The van der Waals surface area contributed by atoms with E-state index in [0.29, 0.717) is 29.0 Å². The molecule has 2 saturated carbocycles. The largest absolute Gasteiger partial charge is 0.361 e. The average molecular weight is 338 g/mol. The lowest BCUT2D eigenvalue weighted by Crippen LogP contribution is -2.54. The maximum Gasteiger partial charge on any atom is 0.118 e. The summed E-state index contributed by atoms with van der Waals surface area (Å²) in [6, 6.07) is 2.84. The van der Waals surface area contributed by atoms with Gasteiger partial charge < -0.3 is 4.74 Å². The molecule has 2 saturated heterocycles. The molecular formula is C22H30N2O. The number of piperidine rings is 1. The van der Waals surface area contributed by atoms with Crippen molar-refractivity contribution >= 4 is 0 Å². The number of nitrogens with zero attached hydrogens (tertiary/aromatic N) is 2. The van der Waals surface area contributed by atoms with Gasteiger partial charge in [-0.1, -0.05) is 20.8 Å². The monoisotopic (exact) mass is 338 g/mol. The molecule has 2 unspecified atom stereocenters. The van der Waals surface area contributed by atoms with E-state index in [1.54, 1.807) is 5.56 Å². The number of aromatic nitrogens is 1. The fourth-order valence-corrected chi connectivity index (χ4v) is 7.91. The van der Waals surface area contributed by atoms with E-state index in [1.165, 1.54) is 31.2 Å². The minimum Gasteiger partial charge on any atom is -0.361 e. The number of rotatable bonds is 1. The van der Waals surface area contributed by atoms with Crippen molar-refractivity contribution in [3.63, 3.8) is 0 Å². The van der Waals surface area contributed by atoms with Crippen LogP contribution >= 0.6 is 0 Å². The fraction of sp³-hybridized carbons (Fsp3) is 0.773. The van der Waals surface area contributed by atoms with Crippen LogP contribution in [0.5, 0.6) is 0 Å². The fourth-order valence-electron chi connectivity index (χ4n) is 7.91. The minimum atomic E-state index is 0.324. The van der Waals surface area contributed by atoms with Gasteiger partial charge in [-0.2, -0.15) is 0 Å². The lowest BCUT2D eigenvalue weighted by Gasteiger charge is -2.56. The molecule has 4 heterocycles. The molecule has 3 nitrogen and oxygen atoms in total. The lowest BCUT2D eigenvalue weighted by atomic mass is 9.56. The first-order chi connectivity index (χ1) is 12.0. The van der Waals surface area contributed by atoms with Gasteiger partial charge >= 0.3 is 0 Å². The van der Waals surface area contributed by atoms with E-state index in [9.17, 15) is 0 Å². The molecule has 0 aromatic carbocycles. The van der Waals surface area contributed by atoms with E-state index < -0.39 is 0 Å². The summed E-state index contributed by atoms with van der Waals surface area (Å²) in [7, 11) is 0. The number of hydrogen-bond donors (Lipinski definition) is 0. The summed E-state index contributed by atoms with van der Waals surface area (Å²) in [5, 5.41) is 0. The van der Waals surface area contributed by atoms with Crippen molar-refractivity contribution in [1.82, 2.24) is 9.88 Å². The van der Waals surface area contributed by atoms with Crippen LogP contribution in [0.25, 0.3) is 0 Å². The van der Waals surface area contributed by atoms with Crippen LogP contribution in [-0.4, -0.2) is 29.3 Å². The average Bonchev–Trinajstić information content (AvgIpc) is 3.24. The van der Waals surface area contributed by atoms with E-state index in [0.717, 1.165) is 30.9 Å². The molecule has 7 atom stereocenters. The van der Waals surface area contributed by atoms with Crippen LogP contribution in [0.15, 0.2) is 18.5 Å². The zero-order valence-corrected chi connectivity index (χ0v) is 15.7. The number of pyridine rings is 1. The molecule has 4 fully saturated rings. The van der Waals surface area contributed by atoms with Crippen LogP contribution in [0.4, 0.5) is 0 Å². The Balaban J connectivity index is 1.45. The predicted molar refractivity (Wildman–Crippen MR) is 97.0 cm³/mol. The highest BCUT2D eigenvalue weighted by atomic mass is 16.5. The van der Waals surface area contributed by atoms with Gasteiger partial charge in [0.25, 0.3) is 0 Å². The van der Waals surface area contributed by atoms with E-state index in [4.69, 9.17) is 4.74 Å². The first-order valence-corrected chi connectivity index (χ1v) is 10.3. The summed E-state index contributed by atoms with van der Waals surface area (Å²) >= 11 is 0. The van der Waals surface area contributed by atoms with Crippen molar-refractivity contribution in [2.75, 3.05) is 13.2 Å². The zero-order valence-electron chi connectivity index (χ0n) is 15.7. The summed E-state index contributed by atoms with van der Waals surface area (Å²) in [6.07, 6.45) is 10.1. The summed E-state index contributed by atoms with van der Waals surface area (Å²) < 4.78 is 6.31. The molecule has 3 aliphatic heterocycles. The van der Waals surface area contributed by atoms with Crippen molar-refractivity contribution in [2.45, 2.75) is 64.6 Å². The molecule has 3 aliphatic carbocycles. The van der Waals surface area contributed by atoms with Crippen LogP contribution in [0.3, 0.4) is 0 Å². The molecule has 6 aliphatic rings. The second-order valence-electron chi connectivity index (χ2n) is 10.2. The predicted octanol–water partition coefficient (Wildman–Crippen LogP) is 4.36. The van der Waals surface area contributed by atoms with Crippen molar-refractivity contribution in [1.29, 1.82) is 0 Å². The molecule has 7 rings (SSSR count). The smallest absolute Gasteiger partial charge is 0.118 e. The van der Waals surface area contributed by atoms with Gasteiger partial charge in [0.05, 0.1) is 6.61 Å². The molecule has 0 spiro atoms. The van der Waals surface area contributed by atoms with Gasteiger partial charge in [0.15, 0.2) is 0 Å². The van der Waals surface area contributed by atoms with E-state index >= 15 is 0 Å². The van der Waals surface area contributed by atoms with E-state index in [-0.39, 0.29) is 0 Å². The lowest BCUT2D eigenvalue weighted by molar-refractivity contribution is -0.100. The van der Waals surface area contributed by atoms with E-state index in [2.05, 4.69) is 42.9 Å². The Labute approximate surface area is 151 Å². The number of fused-ring (bicyclic) bond motifs is 3. The highest BCUT2D eigenvalue weighted by Gasteiger charge is 2.66. The first-order valence-electron chi connectivity index (χ1n) is 10.3. The Kier molecular flexibility index (Phi) is 2.83. The Morgan fingerprint density at radius 3 is 2.84 bits per heavy atom. The zero-order chi connectivity index (χ0) is 17.0. The number of hydrogen-bond acceptors (Lipinski definition) is 3. The Hall–Kier alpha value is -0.930. The van der Waals surface area contributed by atoms with Crippen LogP contribution in [0, 0.1) is 28.6 Å². The van der Waals surface area contributed by atoms with Crippen LogP contribution in [0.2, 0.25) is 0 Å². The van der Waals surface area contributed by atoms with Crippen molar-refractivity contribution in [3.8, 4) is 0 Å². The maximum atomic E-state index is 6.31. The third-order valence-corrected chi connectivity index (χ3v) is 9.61. The molecule has 0 radical (unpaired) electrons. The molecule has 1 aromatic heterocycles. The van der Waals surface area contributed by atoms with Gasteiger partial charge in [-0.15, -0.1) is 0 Å².